The molecule has 0 aliphatic heterocycles. The Morgan fingerprint density at radius 3 is 2.45 bits per heavy atom. The first-order chi connectivity index (χ1) is 5.07. The van der Waals surface area contributed by atoms with E-state index in [2.05, 4.69) is 13.2 Å². The normalized spacial score (nSPS) is 10.8. The Morgan fingerprint density at radius 1 is 1.64 bits per heavy atom. The van der Waals surface area contributed by atoms with Crippen LogP contribution in [0.25, 0.3) is 0 Å². The lowest BCUT2D eigenvalue weighted by Gasteiger charge is -1.97. The van der Waals surface area contributed by atoms with Crippen LogP contribution in [0.1, 0.15) is 6.42 Å². The number of halogens is 1. The summed E-state index contributed by atoms with van der Waals surface area (Å²) in [6, 6.07) is 0. The number of hydrogen-bond acceptors (Lipinski definition) is 1. The van der Waals surface area contributed by atoms with Crippen LogP contribution >= 0.6 is 0 Å². The van der Waals surface area contributed by atoms with Crippen molar-refractivity contribution in [1.29, 1.82) is 0 Å². The second-order valence-corrected chi connectivity index (χ2v) is 1.98. The highest BCUT2D eigenvalue weighted by atomic mass is 19.1. The van der Waals surface area contributed by atoms with Crippen LogP contribution in [0, 0.1) is 0 Å². The highest BCUT2D eigenvalue weighted by molar-refractivity contribution is 5.77. The van der Waals surface area contributed by atoms with E-state index in [4.69, 9.17) is 5.73 Å². The molecule has 0 aromatic rings. The summed E-state index contributed by atoms with van der Waals surface area (Å²) in [5.74, 6) is -1.24. The van der Waals surface area contributed by atoms with Crippen LogP contribution in [0.5, 0.6) is 0 Å². The molecule has 60 valence electrons. The monoisotopic (exact) mass is 155 g/mol. The molecule has 0 atom stereocenters. The van der Waals surface area contributed by atoms with Crippen LogP contribution in [0.4, 0.5) is 4.39 Å². The smallest absolute Gasteiger partial charge is 0.221 e. The van der Waals surface area contributed by atoms with Gasteiger partial charge in [-0.05, 0) is 5.57 Å². The first kappa shape index (κ1) is 9.62. The highest BCUT2D eigenvalue weighted by Gasteiger charge is 2.03. The first-order valence-electron chi connectivity index (χ1n) is 3.02. The minimum absolute atomic E-state index is 0.138. The van der Waals surface area contributed by atoms with E-state index in [9.17, 15) is 9.18 Å². The molecule has 0 unspecified atom stereocenters. The topological polar surface area (TPSA) is 43.1 Å². The van der Waals surface area contributed by atoms with Gasteiger partial charge in [-0.1, -0.05) is 25.3 Å². The van der Waals surface area contributed by atoms with E-state index in [0.717, 1.165) is 0 Å². The van der Waals surface area contributed by atoms with Gasteiger partial charge in [0.2, 0.25) is 5.91 Å². The van der Waals surface area contributed by atoms with Crippen molar-refractivity contribution in [3.63, 3.8) is 0 Å². The number of carbonyl (C=O) groups excluding carboxylic acids is 1. The molecule has 0 aromatic heterocycles. The molecule has 0 saturated carbocycles. The summed E-state index contributed by atoms with van der Waals surface area (Å²) in [6.07, 6.45) is 2.61. The predicted octanol–water partition coefficient (Wildman–Crippen LogP) is 1.46. The van der Waals surface area contributed by atoms with Crippen LogP contribution in [0.2, 0.25) is 0 Å². The van der Waals surface area contributed by atoms with E-state index in [-0.39, 0.29) is 12.0 Å². The Morgan fingerprint density at radius 2 is 2.18 bits per heavy atom. The molecule has 0 aliphatic carbocycles. The molecular weight excluding hydrogens is 145 g/mol. The Labute approximate surface area is 64.9 Å². The molecule has 3 heteroatoms. The van der Waals surface area contributed by atoms with Crippen molar-refractivity contribution in [2.24, 2.45) is 5.73 Å². The third-order valence-electron chi connectivity index (χ3n) is 1.03. The fraction of sp³-hybridized carbons (Fsp3) is 0.125. The summed E-state index contributed by atoms with van der Waals surface area (Å²) in [6.45, 7) is 6.39. The molecule has 0 saturated heterocycles. The number of carbonyl (C=O) groups is 1. The minimum atomic E-state index is -0.649. The maximum Gasteiger partial charge on any atom is 0.221 e. The fourth-order valence-electron chi connectivity index (χ4n) is 0.575. The predicted molar refractivity (Wildman–Crippen MR) is 42.3 cm³/mol. The van der Waals surface area contributed by atoms with Crippen LogP contribution < -0.4 is 5.73 Å². The maximum absolute atomic E-state index is 12.4. The quantitative estimate of drug-likeness (QED) is 0.613. The molecule has 0 aliphatic rings. The molecule has 1 amide bonds. The molecule has 0 spiro atoms. The van der Waals surface area contributed by atoms with Gasteiger partial charge < -0.3 is 5.73 Å². The lowest BCUT2D eigenvalue weighted by Crippen LogP contribution is -2.11. The summed E-state index contributed by atoms with van der Waals surface area (Å²) in [7, 11) is 0. The molecule has 0 heterocycles. The fourth-order valence-corrected chi connectivity index (χ4v) is 0.575. The summed E-state index contributed by atoms with van der Waals surface area (Å²) in [5, 5.41) is 0. The number of rotatable bonds is 4. The van der Waals surface area contributed by atoms with Gasteiger partial charge in [0.1, 0.15) is 5.83 Å². The third kappa shape index (κ3) is 4.08. The molecule has 0 fully saturated rings. The summed E-state index contributed by atoms with van der Waals surface area (Å²) < 4.78 is 12.4. The van der Waals surface area contributed by atoms with Gasteiger partial charge in [0, 0.05) is 0 Å². The van der Waals surface area contributed by atoms with Gasteiger partial charge in [-0.25, -0.2) is 4.39 Å². The van der Waals surface area contributed by atoms with Crippen molar-refractivity contribution in [2.45, 2.75) is 6.42 Å². The van der Waals surface area contributed by atoms with Crippen LogP contribution in [-0.2, 0) is 4.79 Å². The number of primary amides is 1. The Bertz CT molecular complexity index is 218. The molecule has 11 heavy (non-hydrogen) atoms. The van der Waals surface area contributed by atoms with Crippen molar-refractivity contribution in [2.75, 3.05) is 0 Å². The van der Waals surface area contributed by atoms with Crippen molar-refractivity contribution >= 4 is 5.91 Å². The van der Waals surface area contributed by atoms with E-state index >= 15 is 0 Å². The lowest BCUT2D eigenvalue weighted by molar-refractivity contribution is -0.117. The summed E-state index contributed by atoms with van der Waals surface area (Å²) >= 11 is 0. The zero-order valence-corrected chi connectivity index (χ0v) is 6.14. The Kier molecular flexibility index (Phi) is 3.88. The zero-order chi connectivity index (χ0) is 8.85. The van der Waals surface area contributed by atoms with E-state index in [1.807, 2.05) is 0 Å². The van der Waals surface area contributed by atoms with E-state index in [0.29, 0.717) is 0 Å². The first-order valence-corrected chi connectivity index (χ1v) is 3.02. The lowest BCUT2D eigenvalue weighted by atomic mass is 10.1. The summed E-state index contributed by atoms with van der Waals surface area (Å²) in [5.41, 5.74) is 5.01. The average Bonchev–Trinajstić information content (AvgIpc) is 1.86. The second-order valence-electron chi connectivity index (χ2n) is 1.98. The van der Waals surface area contributed by atoms with Gasteiger partial charge >= 0.3 is 0 Å². The van der Waals surface area contributed by atoms with E-state index in [1.165, 1.54) is 12.2 Å². The molecule has 0 rings (SSSR count). The van der Waals surface area contributed by atoms with Crippen molar-refractivity contribution in [3.8, 4) is 0 Å². The molecular formula is C8H10FNO. The van der Waals surface area contributed by atoms with Gasteiger partial charge in [0.05, 0.1) is 6.42 Å². The van der Waals surface area contributed by atoms with Gasteiger partial charge in [-0.3, -0.25) is 4.79 Å². The highest BCUT2D eigenvalue weighted by Crippen LogP contribution is 2.12. The number of allylic oxidation sites excluding steroid dienone is 3. The van der Waals surface area contributed by atoms with E-state index in [1.54, 1.807) is 0 Å². The van der Waals surface area contributed by atoms with Crippen LogP contribution in [-0.4, -0.2) is 5.91 Å². The van der Waals surface area contributed by atoms with Crippen LogP contribution in [0.3, 0.4) is 0 Å². The Balaban J connectivity index is 4.35. The van der Waals surface area contributed by atoms with Gasteiger partial charge in [-0.15, -0.1) is 0 Å². The third-order valence-corrected chi connectivity index (χ3v) is 1.03. The largest absolute Gasteiger partial charge is 0.369 e. The minimum Gasteiger partial charge on any atom is -0.369 e. The van der Waals surface area contributed by atoms with Gasteiger partial charge in [-0.2, -0.15) is 0 Å². The number of amides is 1. The molecule has 2 N–H and O–H groups in total. The molecule has 0 aromatic carbocycles. The van der Waals surface area contributed by atoms with Crippen molar-refractivity contribution in [1.82, 2.24) is 0 Å². The number of nitrogens with two attached hydrogens (primary N) is 1. The summed E-state index contributed by atoms with van der Waals surface area (Å²) in [4.78, 5) is 10.3. The molecule has 0 bridgehead atoms. The standard InChI is InChI=1S/C8H10FNO/c1-3-4-7(6(2)9)5-8(10)11/h3-4H,1-2,5H2,(H2,10,11)/b7-4-. The Hall–Kier alpha value is -1.38. The van der Waals surface area contributed by atoms with Crippen molar-refractivity contribution < 1.29 is 9.18 Å². The average molecular weight is 155 g/mol. The molecule has 0 radical (unpaired) electrons. The van der Waals surface area contributed by atoms with Crippen molar-refractivity contribution in [3.05, 3.63) is 36.7 Å². The number of hydrogen-bond donors (Lipinski definition) is 1. The zero-order valence-electron chi connectivity index (χ0n) is 6.14. The van der Waals surface area contributed by atoms with Gasteiger partial charge in [0.15, 0.2) is 0 Å². The van der Waals surface area contributed by atoms with Crippen LogP contribution in [0.15, 0.2) is 36.7 Å². The second kappa shape index (κ2) is 4.44. The van der Waals surface area contributed by atoms with Gasteiger partial charge in [0.25, 0.3) is 0 Å². The SMILES string of the molecule is C=C/C=C(/CC(N)=O)C(=C)F. The van der Waals surface area contributed by atoms with E-state index < -0.39 is 11.7 Å². The maximum atomic E-state index is 12.4. The molecule has 2 nitrogen and oxygen atoms in total.